The smallest absolute Gasteiger partial charge is 0.303 e. The van der Waals surface area contributed by atoms with Crippen LogP contribution in [0.2, 0.25) is 0 Å². The van der Waals surface area contributed by atoms with Gasteiger partial charge in [0.1, 0.15) is 18.0 Å². The van der Waals surface area contributed by atoms with E-state index in [0.717, 1.165) is 18.4 Å². The standard InChI is InChI=1S/C24H42O4/c1-4-5-6-7-8-9-10-11-12-13-14-15-16-17-21-18-22(28-20(2)25)19-23(27-3)24(21)26/h18-19,22,24,26H,4-17H2,1-3H3/t22-,24-/m0/s1. The van der Waals surface area contributed by atoms with Crippen molar-refractivity contribution in [3.63, 3.8) is 0 Å². The summed E-state index contributed by atoms with van der Waals surface area (Å²) in [7, 11) is 1.54. The van der Waals surface area contributed by atoms with Crippen LogP contribution in [0.4, 0.5) is 0 Å². The number of esters is 1. The zero-order chi connectivity index (χ0) is 20.6. The fourth-order valence-electron chi connectivity index (χ4n) is 3.79. The van der Waals surface area contributed by atoms with Crippen LogP contribution < -0.4 is 0 Å². The highest BCUT2D eigenvalue weighted by Gasteiger charge is 2.25. The Morgan fingerprint density at radius 1 is 0.893 bits per heavy atom. The number of aliphatic hydroxyl groups excluding tert-OH is 1. The molecule has 0 aromatic heterocycles. The van der Waals surface area contributed by atoms with Crippen LogP contribution >= 0.6 is 0 Å². The largest absolute Gasteiger partial charge is 0.498 e. The van der Waals surface area contributed by atoms with Crippen LogP contribution in [0.3, 0.4) is 0 Å². The van der Waals surface area contributed by atoms with E-state index in [1.165, 1.54) is 91.1 Å². The molecule has 0 unspecified atom stereocenters. The van der Waals surface area contributed by atoms with Crippen molar-refractivity contribution in [1.29, 1.82) is 0 Å². The minimum atomic E-state index is -0.714. The molecular weight excluding hydrogens is 352 g/mol. The molecular formula is C24H42O4. The molecule has 0 aromatic carbocycles. The first-order valence-corrected chi connectivity index (χ1v) is 11.4. The molecule has 28 heavy (non-hydrogen) atoms. The Kier molecular flexibility index (Phi) is 13.8. The summed E-state index contributed by atoms with van der Waals surface area (Å²) >= 11 is 0. The topological polar surface area (TPSA) is 55.8 Å². The summed E-state index contributed by atoms with van der Waals surface area (Å²) in [5.74, 6) is 0.142. The predicted molar refractivity (Wildman–Crippen MR) is 115 cm³/mol. The fourth-order valence-corrected chi connectivity index (χ4v) is 3.79. The summed E-state index contributed by atoms with van der Waals surface area (Å²) < 4.78 is 10.5. The summed E-state index contributed by atoms with van der Waals surface area (Å²) in [6.45, 7) is 3.66. The molecule has 0 amide bonds. The average Bonchev–Trinajstić information content (AvgIpc) is 2.67. The van der Waals surface area contributed by atoms with Crippen LogP contribution in [-0.4, -0.2) is 30.4 Å². The first-order valence-electron chi connectivity index (χ1n) is 11.4. The van der Waals surface area contributed by atoms with Gasteiger partial charge in [-0.3, -0.25) is 4.79 Å². The normalized spacial score (nSPS) is 19.1. The first kappa shape index (κ1) is 24.7. The van der Waals surface area contributed by atoms with Gasteiger partial charge < -0.3 is 14.6 Å². The van der Waals surface area contributed by atoms with Crippen molar-refractivity contribution in [3.05, 3.63) is 23.5 Å². The van der Waals surface area contributed by atoms with Gasteiger partial charge in [0.05, 0.1) is 7.11 Å². The second kappa shape index (κ2) is 15.6. The Hall–Kier alpha value is -1.29. The Balaban J connectivity index is 2.10. The second-order valence-electron chi connectivity index (χ2n) is 7.98. The molecule has 0 fully saturated rings. The Labute approximate surface area is 172 Å². The summed E-state index contributed by atoms with van der Waals surface area (Å²) in [6.07, 6.45) is 20.4. The molecule has 2 atom stereocenters. The number of hydrogen-bond donors (Lipinski definition) is 1. The molecule has 1 N–H and O–H groups in total. The molecule has 4 heteroatoms. The quantitative estimate of drug-likeness (QED) is 0.191. The lowest BCUT2D eigenvalue weighted by atomic mass is 9.94. The third kappa shape index (κ3) is 10.9. The monoisotopic (exact) mass is 394 g/mol. The van der Waals surface area contributed by atoms with Gasteiger partial charge >= 0.3 is 5.97 Å². The number of carbonyl (C=O) groups excluding carboxylic acids is 1. The zero-order valence-electron chi connectivity index (χ0n) is 18.4. The van der Waals surface area contributed by atoms with Crippen molar-refractivity contribution in [1.82, 2.24) is 0 Å². The first-order chi connectivity index (χ1) is 13.6. The van der Waals surface area contributed by atoms with E-state index in [4.69, 9.17) is 9.47 Å². The Bertz CT molecular complexity index is 481. The highest BCUT2D eigenvalue weighted by molar-refractivity contribution is 5.66. The van der Waals surface area contributed by atoms with Crippen LogP contribution in [0.1, 0.15) is 104 Å². The van der Waals surface area contributed by atoms with E-state index in [-0.39, 0.29) is 5.97 Å². The number of hydrogen-bond acceptors (Lipinski definition) is 4. The van der Waals surface area contributed by atoms with Gasteiger partial charge in [-0.05, 0) is 24.5 Å². The molecule has 0 aromatic rings. The molecule has 1 aliphatic rings. The van der Waals surface area contributed by atoms with E-state index in [2.05, 4.69) is 6.92 Å². The second-order valence-corrected chi connectivity index (χ2v) is 7.98. The SMILES string of the molecule is CCCCCCCCCCCCCCCC1=C[C@H](OC(C)=O)C=C(OC)[C@H]1O. The minimum absolute atomic E-state index is 0.329. The fraction of sp³-hybridized carbons (Fsp3) is 0.792. The van der Waals surface area contributed by atoms with Crippen LogP contribution in [0.15, 0.2) is 23.5 Å². The van der Waals surface area contributed by atoms with Gasteiger partial charge in [-0.1, -0.05) is 84.0 Å². The van der Waals surface area contributed by atoms with E-state index in [1.807, 2.05) is 6.08 Å². The maximum Gasteiger partial charge on any atom is 0.303 e. The van der Waals surface area contributed by atoms with E-state index in [0.29, 0.717) is 5.76 Å². The number of unbranched alkanes of at least 4 members (excludes halogenated alkanes) is 12. The van der Waals surface area contributed by atoms with Crippen LogP contribution in [0.25, 0.3) is 0 Å². The van der Waals surface area contributed by atoms with Gasteiger partial charge in [-0.25, -0.2) is 0 Å². The molecule has 0 saturated heterocycles. The zero-order valence-corrected chi connectivity index (χ0v) is 18.4. The van der Waals surface area contributed by atoms with Crippen molar-refractivity contribution in [3.8, 4) is 0 Å². The minimum Gasteiger partial charge on any atom is -0.498 e. The van der Waals surface area contributed by atoms with Crippen molar-refractivity contribution in [2.75, 3.05) is 7.11 Å². The molecule has 0 heterocycles. The maximum atomic E-state index is 11.2. The lowest BCUT2D eigenvalue weighted by molar-refractivity contribution is -0.142. The summed E-state index contributed by atoms with van der Waals surface area (Å²) in [6, 6.07) is 0. The van der Waals surface area contributed by atoms with Crippen LogP contribution in [0.5, 0.6) is 0 Å². The van der Waals surface area contributed by atoms with Crippen molar-refractivity contribution in [2.45, 2.75) is 116 Å². The van der Waals surface area contributed by atoms with Gasteiger partial charge in [-0.15, -0.1) is 0 Å². The number of rotatable bonds is 16. The van der Waals surface area contributed by atoms with Crippen LogP contribution in [-0.2, 0) is 14.3 Å². The number of ether oxygens (including phenoxy) is 2. The van der Waals surface area contributed by atoms with Crippen molar-refractivity contribution < 1.29 is 19.4 Å². The Morgan fingerprint density at radius 2 is 1.39 bits per heavy atom. The third-order valence-electron chi connectivity index (χ3n) is 5.43. The lowest BCUT2D eigenvalue weighted by Gasteiger charge is -2.25. The molecule has 1 aliphatic carbocycles. The number of methoxy groups -OCH3 is 1. The Morgan fingerprint density at radius 3 is 1.86 bits per heavy atom. The molecule has 0 spiro atoms. The van der Waals surface area contributed by atoms with Gasteiger partial charge in [0.25, 0.3) is 0 Å². The van der Waals surface area contributed by atoms with E-state index in [1.54, 1.807) is 6.08 Å². The molecule has 1 rings (SSSR count). The summed E-state index contributed by atoms with van der Waals surface area (Å²) in [5, 5.41) is 10.4. The van der Waals surface area contributed by atoms with Crippen molar-refractivity contribution >= 4 is 5.97 Å². The molecule has 162 valence electrons. The van der Waals surface area contributed by atoms with Gasteiger partial charge in [-0.2, -0.15) is 0 Å². The average molecular weight is 395 g/mol. The summed E-state index contributed by atoms with van der Waals surface area (Å²) in [5.41, 5.74) is 0.897. The molecule has 4 nitrogen and oxygen atoms in total. The third-order valence-corrected chi connectivity index (χ3v) is 5.43. The van der Waals surface area contributed by atoms with E-state index in [9.17, 15) is 9.90 Å². The molecule has 0 saturated carbocycles. The van der Waals surface area contributed by atoms with Gasteiger partial charge in [0.2, 0.25) is 0 Å². The van der Waals surface area contributed by atoms with E-state index < -0.39 is 12.2 Å². The summed E-state index contributed by atoms with van der Waals surface area (Å²) in [4.78, 5) is 11.2. The molecule has 0 aliphatic heterocycles. The number of aliphatic hydroxyl groups is 1. The molecule has 0 radical (unpaired) electrons. The molecule has 0 bridgehead atoms. The highest BCUT2D eigenvalue weighted by Crippen LogP contribution is 2.26. The van der Waals surface area contributed by atoms with E-state index >= 15 is 0 Å². The van der Waals surface area contributed by atoms with Gasteiger partial charge in [0, 0.05) is 13.0 Å². The number of carbonyl (C=O) groups is 1. The highest BCUT2D eigenvalue weighted by atomic mass is 16.5. The van der Waals surface area contributed by atoms with Crippen molar-refractivity contribution in [2.24, 2.45) is 0 Å². The van der Waals surface area contributed by atoms with Gasteiger partial charge in [0.15, 0.2) is 0 Å². The predicted octanol–water partition coefficient (Wildman–Crippen LogP) is 6.23. The van der Waals surface area contributed by atoms with Crippen LogP contribution in [0, 0.1) is 0 Å². The maximum absolute atomic E-state index is 11.2. The lowest BCUT2D eigenvalue weighted by Crippen LogP contribution is -2.25.